The van der Waals surface area contributed by atoms with Crippen LogP contribution in [-0.2, 0) is 28.6 Å². The highest BCUT2D eigenvalue weighted by atomic mass is 16.6. The maximum absolute atomic E-state index is 12.8. The van der Waals surface area contributed by atoms with E-state index in [1.807, 2.05) is 6.08 Å². The fraction of sp³-hybridized carbons (Fsp3) is 0.700. The van der Waals surface area contributed by atoms with Gasteiger partial charge in [0.2, 0.25) is 0 Å². The Morgan fingerprint density at radius 3 is 0.934 bits per heavy atom. The molecule has 0 saturated carbocycles. The Balaban J connectivity index is 4.15. The van der Waals surface area contributed by atoms with E-state index in [9.17, 15) is 14.4 Å². The molecule has 434 valence electrons. The first-order valence-electron chi connectivity index (χ1n) is 31.9. The Labute approximate surface area is 470 Å². The molecule has 76 heavy (non-hydrogen) atoms. The lowest BCUT2D eigenvalue weighted by atomic mass is 10.0. The lowest BCUT2D eigenvalue weighted by molar-refractivity contribution is -0.166. The van der Waals surface area contributed by atoms with E-state index in [4.69, 9.17) is 14.2 Å². The highest BCUT2D eigenvalue weighted by Crippen LogP contribution is 2.16. The summed E-state index contributed by atoms with van der Waals surface area (Å²) in [7, 11) is 0. The lowest BCUT2D eigenvalue weighted by Crippen LogP contribution is -2.30. The van der Waals surface area contributed by atoms with Crippen molar-refractivity contribution in [1.29, 1.82) is 0 Å². The number of unbranched alkanes of at least 4 members (excludes halogenated alkanes) is 29. The van der Waals surface area contributed by atoms with Crippen molar-refractivity contribution in [2.24, 2.45) is 0 Å². The van der Waals surface area contributed by atoms with Crippen LogP contribution in [0.25, 0.3) is 0 Å². The summed E-state index contributed by atoms with van der Waals surface area (Å²) in [5.41, 5.74) is 0. The molecule has 0 bridgehead atoms. The van der Waals surface area contributed by atoms with E-state index < -0.39 is 12.1 Å². The van der Waals surface area contributed by atoms with E-state index in [1.54, 1.807) is 6.08 Å². The van der Waals surface area contributed by atoms with Gasteiger partial charge in [0.15, 0.2) is 6.10 Å². The molecule has 0 fully saturated rings. The first-order valence-corrected chi connectivity index (χ1v) is 31.9. The Morgan fingerprint density at radius 1 is 0.289 bits per heavy atom. The molecule has 0 aliphatic rings. The zero-order valence-corrected chi connectivity index (χ0v) is 49.7. The predicted molar refractivity (Wildman–Crippen MR) is 330 cm³/mol. The second-order valence-corrected chi connectivity index (χ2v) is 20.9. The summed E-state index contributed by atoms with van der Waals surface area (Å²) in [6.45, 7) is 6.37. The van der Waals surface area contributed by atoms with Crippen LogP contribution in [0, 0.1) is 0 Å². The predicted octanol–water partition coefficient (Wildman–Crippen LogP) is 21.8. The van der Waals surface area contributed by atoms with E-state index in [0.717, 1.165) is 103 Å². The van der Waals surface area contributed by atoms with Gasteiger partial charge >= 0.3 is 17.9 Å². The molecule has 0 aromatic carbocycles. The molecule has 1 unspecified atom stereocenters. The van der Waals surface area contributed by atoms with Gasteiger partial charge < -0.3 is 14.2 Å². The summed E-state index contributed by atoms with van der Waals surface area (Å²) < 4.78 is 16.7. The molecule has 0 spiro atoms. The third-order valence-electron chi connectivity index (χ3n) is 13.5. The number of carbonyl (C=O) groups is 3. The van der Waals surface area contributed by atoms with Gasteiger partial charge in [-0.1, -0.05) is 284 Å². The van der Waals surface area contributed by atoms with Gasteiger partial charge in [0.1, 0.15) is 13.2 Å². The molecule has 0 aliphatic heterocycles. The first-order chi connectivity index (χ1) is 37.5. The molecule has 0 aromatic heterocycles. The van der Waals surface area contributed by atoms with Crippen LogP contribution in [0.3, 0.4) is 0 Å². The number of esters is 3. The van der Waals surface area contributed by atoms with Crippen molar-refractivity contribution in [2.75, 3.05) is 13.2 Å². The molecular weight excluding hydrogens is 937 g/mol. The molecule has 0 rings (SSSR count). The molecule has 0 heterocycles. The first kappa shape index (κ1) is 72.1. The third-order valence-corrected chi connectivity index (χ3v) is 13.5. The molecule has 0 saturated heterocycles. The van der Waals surface area contributed by atoms with Crippen LogP contribution in [0.5, 0.6) is 0 Å². The monoisotopic (exact) mass is 1050 g/mol. The Morgan fingerprint density at radius 2 is 0.579 bits per heavy atom. The van der Waals surface area contributed by atoms with Crippen molar-refractivity contribution in [3.8, 4) is 0 Å². The van der Waals surface area contributed by atoms with E-state index >= 15 is 0 Å². The summed E-state index contributed by atoms with van der Waals surface area (Å²) >= 11 is 0. The zero-order chi connectivity index (χ0) is 55.0. The number of rotatable bonds is 57. The van der Waals surface area contributed by atoms with Gasteiger partial charge in [-0.3, -0.25) is 14.4 Å². The summed E-state index contributed by atoms with van der Waals surface area (Å²) in [5.74, 6) is -1.06. The van der Waals surface area contributed by atoms with Crippen LogP contribution in [0.4, 0.5) is 0 Å². The second-order valence-electron chi connectivity index (χ2n) is 20.9. The highest BCUT2D eigenvalue weighted by molar-refractivity contribution is 5.72. The number of ether oxygens (including phenoxy) is 3. The van der Waals surface area contributed by atoms with Crippen LogP contribution in [0.2, 0.25) is 0 Å². The Hall–Kier alpha value is -3.93. The maximum atomic E-state index is 12.8. The molecule has 0 aromatic rings. The molecule has 6 nitrogen and oxygen atoms in total. The largest absolute Gasteiger partial charge is 0.462 e. The standard InChI is InChI=1S/C70H118O6/c1-4-7-10-13-16-19-22-24-26-27-28-29-30-31-32-33-34-35-36-37-38-39-40-41-42-43-45-46-48-51-54-57-60-63-69(72)75-66-67(65-74-68(71)62-59-56-53-50-21-18-15-12-9-6-3)76-70(73)64-61-58-55-52-49-47-44-25-23-20-17-14-11-8-5-2/h8,11-12,15,17,20,22,24-25,27-28,30-31,44,49,52,58,61,67H,4-7,9-10,13-14,16,18-19,21,23,26,29,32-43,45-48,50-51,53-57,59-60,62-66H2,1-3H3/b11-8-,15-12-,20-17-,24-22-,28-27-,31-30-,44-25-,52-49-,61-58-. The summed E-state index contributed by atoms with van der Waals surface area (Å²) in [5, 5.41) is 0. The minimum Gasteiger partial charge on any atom is -0.462 e. The van der Waals surface area contributed by atoms with E-state index in [0.29, 0.717) is 12.8 Å². The van der Waals surface area contributed by atoms with Gasteiger partial charge in [0, 0.05) is 12.8 Å². The summed E-state index contributed by atoms with van der Waals surface area (Å²) in [4.78, 5) is 38.0. The molecule has 6 heteroatoms. The Kier molecular flexibility index (Phi) is 60.3. The molecule has 0 N–H and O–H groups in total. The topological polar surface area (TPSA) is 78.9 Å². The van der Waals surface area contributed by atoms with Gasteiger partial charge in [-0.2, -0.15) is 0 Å². The normalized spacial score (nSPS) is 12.8. The minimum absolute atomic E-state index is 0.0942. The van der Waals surface area contributed by atoms with Crippen molar-refractivity contribution >= 4 is 17.9 Å². The van der Waals surface area contributed by atoms with Crippen molar-refractivity contribution in [3.05, 3.63) is 109 Å². The van der Waals surface area contributed by atoms with Crippen LogP contribution >= 0.6 is 0 Å². The van der Waals surface area contributed by atoms with Gasteiger partial charge in [0.25, 0.3) is 0 Å². The van der Waals surface area contributed by atoms with Crippen LogP contribution in [-0.4, -0.2) is 37.2 Å². The molecule has 0 aliphatic carbocycles. The Bertz CT molecular complexity index is 1540. The van der Waals surface area contributed by atoms with Crippen molar-refractivity contribution < 1.29 is 28.6 Å². The summed E-state index contributed by atoms with van der Waals surface area (Å²) in [6.07, 6.45) is 87.3. The summed E-state index contributed by atoms with van der Waals surface area (Å²) in [6, 6.07) is 0. The second kappa shape index (κ2) is 63.6. The quantitative estimate of drug-likeness (QED) is 0.0261. The van der Waals surface area contributed by atoms with Crippen molar-refractivity contribution in [1.82, 2.24) is 0 Å². The zero-order valence-electron chi connectivity index (χ0n) is 49.7. The molecular formula is C70H118O6. The smallest absolute Gasteiger partial charge is 0.310 e. The number of hydrogen-bond donors (Lipinski definition) is 0. The third kappa shape index (κ3) is 60.9. The van der Waals surface area contributed by atoms with Crippen molar-refractivity contribution in [3.63, 3.8) is 0 Å². The van der Waals surface area contributed by atoms with Gasteiger partial charge in [0.05, 0.1) is 6.42 Å². The average molecular weight is 1060 g/mol. The minimum atomic E-state index is -0.835. The fourth-order valence-corrected chi connectivity index (χ4v) is 8.76. The van der Waals surface area contributed by atoms with E-state index in [1.165, 1.54) is 154 Å². The highest BCUT2D eigenvalue weighted by Gasteiger charge is 2.19. The molecule has 0 radical (unpaired) electrons. The van der Waals surface area contributed by atoms with E-state index in [2.05, 4.69) is 118 Å². The van der Waals surface area contributed by atoms with Crippen molar-refractivity contribution in [2.45, 2.75) is 303 Å². The SMILES string of the molecule is CC/C=C\C/C=C\C/C=C\C/C=C\C/C=C\CC(=O)OC(COC(=O)CCCCCCC/C=C\CCC)COC(=O)CCCCCCCCCCCCCCCCCCCC/C=C\C/C=C\C/C=C\CCCCCCC. The molecule has 0 amide bonds. The van der Waals surface area contributed by atoms with Gasteiger partial charge in [-0.15, -0.1) is 0 Å². The van der Waals surface area contributed by atoms with Crippen LogP contribution in [0.15, 0.2) is 109 Å². The van der Waals surface area contributed by atoms with Crippen LogP contribution in [0.1, 0.15) is 297 Å². The lowest BCUT2D eigenvalue weighted by Gasteiger charge is -2.18. The number of hydrogen-bond acceptors (Lipinski definition) is 6. The van der Waals surface area contributed by atoms with Gasteiger partial charge in [-0.25, -0.2) is 0 Å². The number of allylic oxidation sites excluding steroid dienone is 17. The van der Waals surface area contributed by atoms with E-state index in [-0.39, 0.29) is 31.6 Å². The number of carbonyl (C=O) groups excluding carboxylic acids is 3. The maximum Gasteiger partial charge on any atom is 0.310 e. The van der Waals surface area contributed by atoms with Gasteiger partial charge in [-0.05, 0) is 103 Å². The average Bonchev–Trinajstić information content (AvgIpc) is 3.42. The fourth-order valence-electron chi connectivity index (χ4n) is 8.76. The molecule has 1 atom stereocenters. The van der Waals surface area contributed by atoms with Crippen LogP contribution < -0.4 is 0 Å².